The minimum atomic E-state index is -0.422. The van der Waals surface area contributed by atoms with Gasteiger partial charge in [0.1, 0.15) is 12.4 Å². The molecule has 0 atom stereocenters. The van der Waals surface area contributed by atoms with E-state index < -0.39 is 5.91 Å². The monoisotopic (exact) mass is 663 g/mol. The molecule has 3 aromatic carbocycles. The van der Waals surface area contributed by atoms with Gasteiger partial charge in [0.2, 0.25) is 0 Å². The van der Waals surface area contributed by atoms with Gasteiger partial charge in [0.15, 0.2) is 18.1 Å². The van der Waals surface area contributed by atoms with E-state index in [0.29, 0.717) is 54.6 Å². The zero-order valence-electron chi connectivity index (χ0n) is 20.5. The lowest BCUT2D eigenvalue weighted by Gasteiger charge is -2.12. The Hall–Kier alpha value is -3.34. The Kier molecular flexibility index (Phi) is 10.8. The van der Waals surface area contributed by atoms with Crippen LogP contribution < -0.4 is 25.0 Å². The van der Waals surface area contributed by atoms with E-state index in [1.165, 1.54) is 13.3 Å². The molecule has 0 saturated carbocycles. The third-order valence-corrected chi connectivity index (χ3v) is 6.57. The van der Waals surface area contributed by atoms with Crippen LogP contribution >= 0.6 is 43.5 Å². The van der Waals surface area contributed by atoms with Crippen LogP contribution in [0, 0.1) is 6.92 Å². The first-order valence-corrected chi connectivity index (χ1v) is 13.1. The van der Waals surface area contributed by atoms with Crippen molar-refractivity contribution in [3.63, 3.8) is 0 Å². The number of anilines is 1. The van der Waals surface area contributed by atoms with Crippen LogP contribution in [0.3, 0.4) is 0 Å². The summed E-state index contributed by atoms with van der Waals surface area (Å²) in [6, 6.07) is 13.6. The lowest BCUT2D eigenvalue weighted by molar-refractivity contribution is -0.118. The number of hydrazone groups is 1. The van der Waals surface area contributed by atoms with E-state index in [0.717, 1.165) is 5.56 Å². The molecule has 0 aliphatic heterocycles. The molecule has 0 unspecified atom stereocenters. The topological polar surface area (TPSA) is 98.3 Å². The Bertz CT molecular complexity index is 1360. The second-order valence-electron chi connectivity index (χ2n) is 7.78. The summed E-state index contributed by atoms with van der Waals surface area (Å²) in [6.07, 6.45) is 3.09. The quantitative estimate of drug-likeness (QED) is 0.138. The van der Waals surface area contributed by atoms with E-state index in [-0.39, 0.29) is 12.5 Å². The predicted molar refractivity (Wildman–Crippen MR) is 156 cm³/mol. The minimum Gasteiger partial charge on any atom is -0.493 e. The number of rotatable bonds is 11. The highest BCUT2D eigenvalue weighted by atomic mass is 79.9. The normalized spacial score (nSPS) is 10.7. The number of methoxy groups -OCH3 is 1. The third-order valence-electron chi connectivity index (χ3n) is 4.99. The fourth-order valence-corrected chi connectivity index (χ4v) is 4.74. The highest BCUT2D eigenvalue weighted by Gasteiger charge is 2.13. The van der Waals surface area contributed by atoms with Gasteiger partial charge >= 0.3 is 0 Å². The zero-order chi connectivity index (χ0) is 27.7. The van der Waals surface area contributed by atoms with Gasteiger partial charge in [-0.25, -0.2) is 5.43 Å². The Morgan fingerprint density at radius 1 is 1.05 bits per heavy atom. The number of nitrogens with one attached hydrogen (secondary N) is 2. The molecule has 0 radical (unpaired) electrons. The van der Waals surface area contributed by atoms with Crippen molar-refractivity contribution < 1.29 is 23.8 Å². The van der Waals surface area contributed by atoms with Gasteiger partial charge in [-0.2, -0.15) is 5.10 Å². The summed E-state index contributed by atoms with van der Waals surface area (Å²) >= 11 is 13.0. The summed E-state index contributed by atoms with van der Waals surface area (Å²) in [5, 5.41) is 7.33. The van der Waals surface area contributed by atoms with Crippen LogP contribution in [0.25, 0.3) is 0 Å². The highest BCUT2D eigenvalue weighted by molar-refractivity contribution is 9.11. The molecule has 0 saturated heterocycles. The number of amides is 2. The van der Waals surface area contributed by atoms with Crippen molar-refractivity contribution in [1.82, 2.24) is 5.43 Å². The lowest BCUT2D eigenvalue weighted by Crippen LogP contribution is -2.20. The second-order valence-corrected chi connectivity index (χ2v) is 9.89. The zero-order valence-corrected chi connectivity index (χ0v) is 24.4. The first-order chi connectivity index (χ1) is 18.2. The molecule has 0 aliphatic rings. The average molecular weight is 666 g/mol. The summed E-state index contributed by atoms with van der Waals surface area (Å²) in [5.41, 5.74) is 4.99. The molecule has 2 amide bonds. The van der Waals surface area contributed by atoms with Crippen LogP contribution in [0.15, 0.2) is 75.2 Å². The van der Waals surface area contributed by atoms with E-state index in [4.69, 9.17) is 25.8 Å². The number of aryl methyl sites for hydroxylation is 1. The molecule has 8 nitrogen and oxygen atoms in total. The van der Waals surface area contributed by atoms with Crippen LogP contribution in [-0.2, 0) is 4.79 Å². The molecule has 2 N–H and O–H groups in total. The molecule has 11 heteroatoms. The Morgan fingerprint density at radius 2 is 1.79 bits per heavy atom. The van der Waals surface area contributed by atoms with Crippen molar-refractivity contribution in [3.8, 4) is 17.2 Å². The van der Waals surface area contributed by atoms with Crippen molar-refractivity contribution in [2.75, 3.05) is 25.6 Å². The van der Waals surface area contributed by atoms with E-state index in [2.05, 4.69) is 54.3 Å². The van der Waals surface area contributed by atoms with Gasteiger partial charge in [0, 0.05) is 16.3 Å². The number of halogens is 3. The SMILES string of the molecule is C=CCOc1ccc(C(=O)N/N=C/c2cc(Br)c(OCC(=O)Nc3ccc(C)c(Cl)c3)c(Br)c2)cc1OC. The summed E-state index contributed by atoms with van der Waals surface area (Å²) in [5.74, 6) is 0.599. The number of carbonyl (C=O) groups excluding carboxylic acids is 2. The maximum atomic E-state index is 12.5. The van der Waals surface area contributed by atoms with Crippen LogP contribution in [0.1, 0.15) is 21.5 Å². The van der Waals surface area contributed by atoms with Crippen molar-refractivity contribution in [2.24, 2.45) is 5.10 Å². The van der Waals surface area contributed by atoms with Crippen LogP contribution in [0.5, 0.6) is 17.2 Å². The molecule has 198 valence electrons. The Morgan fingerprint density at radius 3 is 2.45 bits per heavy atom. The number of nitrogens with zero attached hydrogens (tertiary/aromatic N) is 1. The van der Waals surface area contributed by atoms with Gasteiger partial charge < -0.3 is 19.5 Å². The van der Waals surface area contributed by atoms with E-state index >= 15 is 0 Å². The van der Waals surface area contributed by atoms with Gasteiger partial charge in [-0.15, -0.1) is 0 Å². The van der Waals surface area contributed by atoms with Crippen LogP contribution in [0.4, 0.5) is 5.69 Å². The van der Waals surface area contributed by atoms with E-state index in [1.54, 1.807) is 48.5 Å². The van der Waals surface area contributed by atoms with Crippen LogP contribution in [-0.4, -0.2) is 38.4 Å². The summed E-state index contributed by atoms with van der Waals surface area (Å²) < 4.78 is 17.6. The van der Waals surface area contributed by atoms with Gasteiger partial charge in [-0.3, -0.25) is 9.59 Å². The molecule has 0 spiro atoms. The standard InChI is InChI=1S/C27H24Br2ClN3O5/c1-4-9-37-23-8-6-18(12-24(23)36-3)27(35)33-31-14-17-10-20(28)26(21(29)11-17)38-15-25(34)32-19-7-5-16(2)22(30)13-19/h4-8,10-14H,1,9,15H2,2-3H3,(H,32,34)(H,33,35)/b31-14+. The molecular weight excluding hydrogens is 642 g/mol. The molecule has 38 heavy (non-hydrogen) atoms. The second kappa shape index (κ2) is 14.0. The van der Waals surface area contributed by atoms with Gasteiger partial charge in [0.25, 0.3) is 11.8 Å². The lowest BCUT2D eigenvalue weighted by atomic mass is 10.2. The molecular formula is C27H24Br2ClN3O5. The molecule has 3 aromatic rings. The summed E-state index contributed by atoms with van der Waals surface area (Å²) in [4.78, 5) is 24.8. The third kappa shape index (κ3) is 8.08. The van der Waals surface area contributed by atoms with Crippen molar-refractivity contribution >= 4 is 67.2 Å². The van der Waals surface area contributed by atoms with Gasteiger partial charge in [-0.05, 0) is 92.4 Å². The maximum absolute atomic E-state index is 12.5. The number of hydrogen-bond donors (Lipinski definition) is 2. The first kappa shape index (κ1) is 29.2. The fourth-order valence-electron chi connectivity index (χ4n) is 3.10. The van der Waals surface area contributed by atoms with Gasteiger partial charge in [0.05, 0.1) is 22.3 Å². The number of carbonyl (C=O) groups is 2. The van der Waals surface area contributed by atoms with E-state index in [1.807, 2.05) is 13.0 Å². The van der Waals surface area contributed by atoms with Crippen LogP contribution in [0.2, 0.25) is 5.02 Å². The predicted octanol–water partition coefficient (Wildman–Crippen LogP) is 6.53. The molecule has 0 bridgehead atoms. The van der Waals surface area contributed by atoms with E-state index in [9.17, 15) is 9.59 Å². The fraction of sp³-hybridized carbons (Fsp3) is 0.148. The molecule has 3 rings (SSSR count). The minimum absolute atomic E-state index is 0.215. The summed E-state index contributed by atoms with van der Waals surface area (Å²) in [6.45, 7) is 5.59. The average Bonchev–Trinajstić information content (AvgIpc) is 2.89. The number of hydrogen-bond acceptors (Lipinski definition) is 6. The molecule has 0 fully saturated rings. The smallest absolute Gasteiger partial charge is 0.271 e. The maximum Gasteiger partial charge on any atom is 0.271 e. The first-order valence-electron chi connectivity index (χ1n) is 11.1. The van der Waals surface area contributed by atoms with Crippen molar-refractivity contribution in [3.05, 3.63) is 91.8 Å². The van der Waals surface area contributed by atoms with Crippen molar-refractivity contribution in [2.45, 2.75) is 6.92 Å². The number of ether oxygens (including phenoxy) is 3. The number of benzene rings is 3. The molecule has 0 aliphatic carbocycles. The molecule has 0 aromatic heterocycles. The Balaban J connectivity index is 1.59. The highest BCUT2D eigenvalue weighted by Crippen LogP contribution is 2.34. The van der Waals surface area contributed by atoms with Gasteiger partial charge in [-0.1, -0.05) is 30.3 Å². The van der Waals surface area contributed by atoms with Crippen molar-refractivity contribution in [1.29, 1.82) is 0 Å². The molecule has 0 heterocycles. The summed E-state index contributed by atoms with van der Waals surface area (Å²) in [7, 11) is 1.49. The Labute approximate surface area is 242 Å². The largest absolute Gasteiger partial charge is 0.493 e.